The minimum Gasteiger partial charge on any atom is -0.769 e. The maximum atomic E-state index is 11.9. The van der Waals surface area contributed by atoms with Crippen molar-refractivity contribution in [3.8, 4) is 0 Å². The minimum atomic E-state index is -3.77. The second kappa shape index (κ2) is 12.4. The molecule has 0 fully saturated rings. The van der Waals surface area contributed by atoms with Gasteiger partial charge in [-0.2, -0.15) is 0 Å². The highest BCUT2D eigenvalue weighted by Crippen LogP contribution is 2.42. The van der Waals surface area contributed by atoms with E-state index in [-0.39, 0.29) is 10.7 Å². The third kappa shape index (κ3) is 9.04. The molecule has 3 rings (SSSR count). The lowest BCUT2D eigenvalue weighted by atomic mass is 10.1. The number of carbonyl (C=O) groups is 1. The predicted octanol–water partition coefficient (Wildman–Crippen LogP) is 5.21. The van der Waals surface area contributed by atoms with E-state index in [1.54, 1.807) is 12.1 Å². The Morgan fingerprint density at radius 2 is 1.48 bits per heavy atom. The highest BCUT2D eigenvalue weighted by atomic mass is 32.3. The van der Waals surface area contributed by atoms with Crippen LogP contribution in [0, 0.1) is 6.92 Å². The topological polar surface area (TPSA) is 97.2 Å². The van der Waals surface area contributed by atoms with Gasteiger partial charge in [-0.05, 0) is 26.0 Å². The van der Waals surface area contributed by atoms with Gasteiger partial charge in [0, 0.05) is 28.9 Å². The number of quaternary nitrogens is 1. The predicted molar refractivity (Wildman–Crippen MR) is 125 cm³/mol. The van der Waals surface area contributed by atoms with Crippen LogP contribution in [0.15, 0.2) is 89.8 Å². The van der Waals surface area contributed by atoms with Crippen LogP contribution in [-0.2, 0) is 0 Å². The number of rotatable bonds is 8. The number of nitrogens with two attached hydrogens (primary N) is 1. The Labute approximate surface area is 186 Å². The van der Waals surface area contributed by atoms with Crippen molar-refractivity contribution in [3.05, 3.63) is 102 Å². The molecule has 0 heterocycles. The van der Waals surface area contributed by atoms with Gasteiger partial charge in [0.05, 0.1) is 6.54 Å². The SMILES string of the molecule is CC([NH2+]CCCC(=O)c1ccccc1)c1ccccc1.Cc1ccc(S([O-])(O)O)cc1. The molecule has 3 aromatic rings. The van der Waals surface area contributed by atoms with Crippen LogP contribution in [0.5, 0.6) is 0 Å². The molecule has 0 radical (unpaired) electrons. The van der Waals surface area contributed by atoms with Gasteiger partial charge in [-0.1, -0.05) is 89.2 Å². The Morgan fingerprint density at radius 3 is 2.03 bits per heavy atom. The summed E-state index contributed by atoms with van der Waals surface area (Å²) in [5.74, 6) is 0.242. The van der Waals surface area contributed by atoms with Crippen molar-refractivity contribution in [1.29, 1.82) is 0 Å². The molecule has 0 aliphatic rings. The molecule has 166 valence electrons. The monoisotopic (exact) mass is 441 g/mol. The molecule has 6 heteroatoms. The van der Waals surface area contributed by atoms with E-state index in [0.717, 1.165) is 24.1 Å². The maximum absolute atomic E-state index is 11.9. The Morgan fingerprint density at radius 1 is 0.935 bits per heavy atom. The zero-order valence-electron chi connectivity index (χ0n) is 18.0. The molecule has 0 bridgehead atoms. The Bertz CT molecular complexity index is 910. The number of ketones is 1. The molecule has 1 unspecified atom stereocenters. The fraction of sp³-hybridized carbons (Fsp3) is 0.240. The van der Waals surface area contributed by atoms with Gasteiger partial charge < -0.3 is 19.0 Å². The summed E-state index contributed by atoms with van der Waals surface area (Å²) in [6, 6.07) is 26.6. The van der Waals surface area contributed by atoms with Crippen LogP contribution in [0.4, 0.5) is 0 Å². The van der Waals surface area contributed by atoms with Gasteiger partial charge >= 0.3 is 0 Å². The van der Waals surface area contributed by atoms with Crippen molar-refractivity contribution in [3.63, 3.8) is 0 Å². The van der Waals surface area contributed by atoms with Gasteiger partial charge in [-0.3, -0.25) is 4.79 Å². The van der Waals surface area contributed by atoms with E-state index < -0.39 is 10.9 Å². The molecule has 0 saturated heterocycles. The van der Waals surface area contributed by atoms with E-state index in [1.807, 2.05) is 43.3 Å². The molecule has 0 aliphatic carbocycles. The smallest absolute Gasteiger partial charge is 0.163 e. The molecule has 0 saturated carbocycles. The number of hydrogen-bond acceptors (Lipinski definition) is 4. The van der Waals surface area contributed by atoms with E-state index in [1.165, 1.54) is 17.7 Å². The van der Waals surface area contributed by atoms with Gasteiger partial charge in [0.15, 0.2) is 5.78 Å². The first-order valence-electron chi connectivity index (χ1n) is 10.3. The van der Waals surface area contributed by atoms with Gasteiger partial charge in [0.1, 0.15) is 6.04 Å². The first-order chi connectivity index (χ1) is 14.8. The highest BCUT2D eigenvalue weighted by Gasteiger charge is 2.09. The molecule has 0 aliphatic heterocycles. The summed E-state index contributed by atoms with van der Waals surface area (Å²) in [6.07, 6.45) is 1.55. The lowest BCUT2D eigenvalue weighted by molar-refractivity contribution is -0.692. The van der Waals surface area contributed by atoms with Gasteiger partial charge in [-0.15, -0.1) is 0 Å². The van der Waals surface area contributed by atoms with Crippen LogP contribution in [0.1, 0.15) is 47.3 Å². The molecule has 1 atom stereocenters. The lowest BCUT2D eigenvalue weighted by Gasteiger charge is -2.33. The van der Waals surface area contributed by atoms with Crippen LogP contribution >= 0.6 is 10.9 Å². The third-order valence-electron chi connectivity index (χ3n) is 4.88. The Balaban J connectivity index is 0.000000262. The van der Waals surface area contributed by atoms with Crippen LogP contribution in [-0.4, -0.2) is 26.0 Å². The van der Waals surface area contributed by atoms with Crippen molar-refractivity contribution in [1.82, 2.24) is 0 Å². The maximum Gasteiger partial charge on any atom is 0.163 e. The highest BCUT2D eigenvalue weighted by molar-refractivity contribution is 8.19. The molecule has 31 heavy (non-hydrogen) atoms. The number of hydrogen-bond donors (Lipinski definition) is 3. The van der Waals surface area contributed by atoms with Crippen LogP contribution in [0.2, 0.25) is 0 Å². The molecule has 5 nitrogen and oxygen atoms in total. The first-order valence-corrected chi connectivity index (χ1v) is 11.8. The molecule has 3 aromatic carbocycles. The lowest BCUT2D eigenvalue weighted by Crippen LogP contribution is -2.84. The fourth-order valence-corrected chi connectivity index (χ4v) is 3.50. The Kier molecular flexibility index (Phi) is 9.91. The van der Waals surface area contributed by atoms with Crippen molar-refractivity contribution in [2.75, 3.05) is 6.54 Å². The summed E-state index contributed by atoms with van der Waals surface area (Å²) in [7, 11) is -3.77. The van der Waals surface area contributed by atoms with Gasteiger partial charge in [0.2, 0.25) is 0 Å². The summed E-state index contributed by atoms with van der Waals surface area (Å²) >= 11 is 0. The summed E-state index contributed by atoms with van der Waals surface area (Å²) < 4.78 is 27.9. The first kappa shape index (κ1) is 24.8. The molecule has 0 aromatic heterocycles. The van der Waals surface area contributed by atoms with E-state index >= 15 is 0 Å². The zero-order valence-corrected chi connectivity index (χ0v) is 18.8. The summed E-state index contributed by atoms with van der Waals surface area (Å²) in [4.78, 5) is 12.0. The van der Waals surface area contributed by atoms with Crippen LogP contribution in [0.3, 0.4) is 0 Å². The fourth-order valence-electron chi connectivity index (χ4n) is 3.01. The average molecular weight is 442 g/mol. The number of benzene rings is 3. The molecule has 0 amide bonds. The third-order valence-corrected chi connectivity index (χ3v) is 5.76. The number of Topliss-reactive ketones (excluding diaryl/α,β-unsaturated/α-hetero) is 1. The molecule has 4 N–H and O–H groups in total. The quantitative estimate of drug-likeness (QED) is 0.330. The van der Waals surface area contributed by atoms with E-state index in [0.29, 0.717) is 12.5 Å². The normalized spacial score (nSPS) is 12.4. The summed E-state index contributed by atoms with van der Waals surface area (Å²) in [5.41, 5.74) is 3.14. The van der Waals surface area contributed by atoms with Crippen molar-refractivity contribution in [2.45, 2.75) is 37.6 Å². The minimum absolute atomic E-state index is 0.0445. The standard InChI is InChI=1S/C18H21NO.C7H10O3S/c1-15(16-9-4-2-5-10-16)19-14-8-13-18(20)17-11-6-3-7-12-17;1-6-2-4-7(5-3-6)11(8,9)10/h2-7,9-12,15,19H,8,13-14H2,1H3;2-5,8-10H,1H3. The van der Waals surface area contributed by atoms with E-state index in [2.05, 4.69) is 36.5 Å². The second-order valence-corrected chi connectivity index (χ2v) is 8.89. The van der Waals surface area contributed by atoms with E-state index in [9.17, 15) is 9.35 Å². The van der Waals surface area contributed by atoms with Crippen LogP contribution in [0.25, 0.3) is 0 Å². The molecular weight excluding hydrogens is 410 g/mol. The zero-order chi connectivity index (χ0) is 22.7. The second-order valence-electron chi connectivity index (χ2n) is 7.43. The molecule has 0 spiro atoms. The number of carbonyl (C=O) groups excluding carboxylic acids is 1. The van der Waals surface area contributed by atoms with Crippen molar-refractivity contribution >= 4 is 16.7 Å². The van der Waals surface area contributed by atoms with Gasteiger partial charge in [0.25, 0.3) is 0 Å². The number of aryl methyl sites for hydroxylation is 1. The largest absolute Gasteiger partial charge is 0.769 e. The summed E-state index contributed by atoms with van der Waals surface area (Å²) in [6.45, 7) is 5.04. The van der Waals surface area contributed by atoms with Crippen LogP contribution < -0.4 is 5.32 Å². The van der Waals surface area contributed by atoms with E-state index in [4.69, 9.17) is 9.11 Å². The Hall–Kier alpha value is -2.48. The average Bonchev–Trinajstić information content (AvgIpc) is 2.78. The molecular formula is C25H31NO4S. The van der Waals surface area contributed by atoms with Gasteiger partial charge in [-0.25, -0.2) is 0 Å². The summed E-state index contributed by atoms with van der Waals surface area (Å²) in [5, 5.41) is 2.30. The van der Waals surface area contributed by atoms with Crippen molar-refractivity contribution < 1.29 is 23.8 Å². The van der Waals surface area contributed by atoms with Crippen molar-refractivity contribution in [2.24, 2.45) is 0 Å².